The molecule has 12 heteroatoms. The summed E-state index contributed by atoms with van der Waals surface area (Å²) in [5, 5.41) is 2.60. The maximum atomic E-state index is 12.8. The molecule has 0 aliphatic carbocycles. The van der Waals surface area contributed by atoms with E-state index in [0.29, 0.717) is 18.8 Å². The third kappa shape index (κ3) is 5.62. The average Bonchev–Trinajstić information content (AvgIpc) is 2.99. The summed E-state index contributed by atoms with van der Waals surface area (Å²) in [6.07, 6.45) is 0.287. The Morgan fingerprint density at radius 2 is 1.94 bits per heavy atom. The zero-order valence-corrected chi connectivity index (χ0v) is 19.1. The van der Waals surface area contributed by atoms with Crippen LogP contribution in [0.3, 0.4) is 0 Å². The molecule has 0 spiro atoms. The van der Waals surface area contributed by atoms with Crippen molar-refractivity contribution >= 4 is 31.7 Å². The molecule has 31 heavy (non-hydrogen) atoms. The van der Waals surface area contributed by atoms with Crippen molar-refractivity contribution in [2.75, 3.05) is 44.4 Å². The Morgan fingerprint density at radius 1 is 1.26 bits per heavy atom. The molecule has 2 heterocycles. The molecule has 2 fully saturated rings. The smallest absolute Gasteiger partial charge is 0.338 e. The van der Waals surface area contributed by atoms with Crippen LogP contribution >= 0.6 is 0 Å². The Bertz CT molecular complexity index is 1080. The third-order valence-electron chi connectivity index (χ3n) is 5.32. The van der Waals surface area contributed by atoms with Gasteiger partial charge in [-0.05, 0) is 38.0 Å². The molecule has 3 rings (SSSR count). The quantitative estimate of drug-likeness (QED) is 0.563. The number of hydrogen-bond donors (Lipinski definition) is 1. The number of amides is 1. The molecule has 1 amide bonds. The highest BCUT2D eigenvalue weighted by Gasteiger charge is 2.39. The summed E-state index contributed by atoms with van der Waals surface area (Å²) in [7, 11) is -6.99. The second kappa shape index (κ2) is 8.85. The second-order valence-electron chi connectivity index (χ2n) is 8.02. The van der Waals surface area contributed by atoms with Gasteiger partial charge in [0.15, 0.2) is 16.4 Å². The number of nitrogens with one attached hydrogen (secondary N) is 1. The number of hydrogen-bond acceptors (Lipinski definition) is 8. The number of aryl methyl sites for hydroxylation is 1. The zero-order chi connectivity index (χ0) is 22.9. The topological polar surface area (TPSA) is 136 Å². The number of esters is 1. The predicted molar refractivity (Wildman–Crippen MR) is 111 cm³/mol. The van der Waals surface area contributed by atoms with Crippen LogP contribution in [0.1, 0.15) is 29.3 Å². The predicted octanol–water partition coefficient (Wildman–Crippen LogP) is -0.134. The van der Waals surface area contributed by atoms with Gasteiger partial charge >= 0.3 is 5.97 Å². The van der Waals surface area contributed by atoms with E-state index in [1.54, 1.807) is 13.8 Å². The van der Waals surface area contributed by atoms with Crippen molar-refractivity contribution in [1.29, 1.82) is 0 Å². The van der Waals surface area contributed by atoms with Gasteiger partial charge in [0.05, 0.1) is 40.7 Å². The molecular formula is C19H26N2O8S2. The maximum absolute atomic E-state index is 12.8. The second-order valence-corrected chi connectivity index (χ2v) is 12.1. The first-order valence-electron chi connectivity index (χ1n) is 9.79. The van der Waals surface area contributed by atoms with Crippen molar-refractivity contribution in [3.05, 3.63) is 29.3 Å². The van der Waals surface area contributed by atoms with E-state index in [1.165, 1.54) is 22.5 Å². The standard InChI is InChI=1S/C19H26N2O8S2/c1-14-3-4-15(31(26,27)21-6-8-28-9-7-21)11-16(14)18(23)29-12-17(22)20-19(2)5-10-30(24,25)13-19/h3-4,11H,5-10,12-13H2,1-2H3,(H,20,22). The molecule has 1 unspecified atom stereocenters. The van der Waals surface area contributed by atoms with E-state index in [-0.39, 0.29) is 41.5 Å². The molecule has 10 nitrogen and oxygen atoms in total. The SMILES string of the molecule is Cc1ccc(S(=O)(=O)N2CCOCC2)cc1C(=O)OCC(=O)NC1(C)CCS(=O)(=O)C1. The number of sulfonamides is 1. The molecule has 172 valence electrons. The molecule has 1 atom stereocenters. The fourth-order valence-electron chi connectivity index (χ4n) is 3.61. The van der Waals surface area contributed by atoms with Crippen LogP contribution in [0.25, 0.3) is 0 Å². The van der Waals surface area contributed by atoms with Crippen LogP contribution in [0.2, 0.25) is 0 Å². The lowest BCUT2D eigenvalue weighted by Gasteiger charge is -2.26. The van der Waals surface area contributed by atoms with Crippen LogP contribution in [0.4, 0.5) is 0 Å². The number of ether oxygens (including phenoxy) is 2. The number of carbonyl (C=O) groups is 2. The molecule has 0 bridgehead atoms. The largest absolute Gasteiger partial charge is 0.452 e. The Hall–Kier alpha value is -2.02. The van der Waals surface area contributed by atoms with Crippen LogP contribution in [0, 0.1) is 6.92 Å². The third-order valence-corrected chi connectivity index (χ3v) is 9.11. The lowest BCUT2D eigenvalue weighted by Crippen LogP contribution is -2.48. The van der Waals surface area contributed by atoms with Gasteiger partial charge in [-0.2, -0.15) is 4.31 Å². The first-order chi connectivity index (χ1) is 14.4. The van der Waals surface area contributed by atoms with Gasteiger partial charge in [-0.25, -0.2) is 21.6 Å². The Morgan fingerprint density at radius 3 is 2.55 bits per heavy atom. The minimum Gasteiger partial charge on any atom is -0.452 e. The van der Waals surface area contributed by atoms with Crippen molar-refractivity contribution in [2.24, 2.45) is 0 Å². The fraction of sp³-hybridized carbons (Fsp3) is 0.579. The van der Waals surface area contributed by atoms with Crippen LogP contribution in [0.5, 0.6) is 0 Å². The molecular weight excluding hydrogens is 448 g/mol. The van der Waals surface area contributed by atoms with Crippen molar-refractivity contribution in [1.82, 2.24) is 9.62 Å². The monoisotopic (exact) mass is 474 g/mol. The Balaban J connectivity index is 1.66. The Kier molecular flexibility index (Phi) is 6.75. The van der Waals surface area contributed by atoms with Crippen LogP contribution < -0.4 is 5.32 Å². The Labute approximate surface area is 181 Å². The molecule has 1 aromatic rings. The van der Waals surface area contributed by atoms with Gasteiger partial charge in [0.25, 0.3) is 5.91 Å². The lowest BCUT2D eigenvalue weighted by molar-refractivity contribution is -0.125. The van der Waals surface area contributed by atoms with Crippen molar-refractivity contribution in [3.63, 3.8) is 0 Å². The minimum absolute atomic E-state index is 0.00677. The van der Waals surface area contributed by atoms with Crippen molar-refractivity contribution in [2.45, 2.75) is 30.7 Å². The van der Waals surface area contributed by atoms with E-state index in [0.717, 1.165) is 0 Å². The molecule has 2 saturated heterocycles. The molecule has 1 aromatic carbocycles. The summed E-state index contributed by atoms with van der Waals surface area (Å²) in [5.74, 6) is -1.63. The van der Waals surface area contributed by atoms with Crippen LogP contribution in [-0.2, 0) is 34.1 Å². The number of morpholine rings is 1. The van der Waals surface area contributed by atoms with Gasteiger partial charge in [0.1, 0.15) is 0 Å². The number of benzene rings is 1. The molecule has 0 saturated carbocycles. The number of sulfone groups is 1. The van der Waals surface area contributed by atoms with Gasteiger partial charge < -0.3 is 14.8 Å². The highest BCUT2D eigenvalue weighted by Crippen LogP contribution is 2.23. The van der Waals surface area contributed by atoms with Crippen molar-refractivity contribution in [3.8, 4) is 0 Å². The first kappa shape index (κ1) is 23.6. The maximum Gasteiger partial charge on any atom is 0.338 e. The highest BCUT2D eigenvalue weighted by molar-refractivity contribution is 7.91. The normalized spacial score (nSPS) is 23.9. The highest BCUT2D eigenvalue weighted by atomic mass is 32.2. The van der Waals surface area contributed by atoms with Gasteiger partial charge in [0.2, 0.25) is 10.0 Å². The minimum atomic E-state index is -3.79. The van der Waals surface area contributed by atoms with Gasteiger partial charge in [0, 0.05) is 13.1 Å². The number of carbonyl (C=O) groups excluding carboxylic acids is 2. The fourth-order valence-corrected chi connectivity index (χ4v) is 7.14. The molecule has 0 radical (unpaired) electrons. The van der Waals surface area contributed by atoms with Crippen LogP contribution in [-0.4, -0.2) is 83.0 Å². The van der Waals surface area contributed by atoms with Gasteiger partial charge in [-0.1, -0.05) is 6.07 Å². The van der Waals surface area contributed by atoms with E-state index in [2.05, 4.69) is 5.32 Å². The van der Waals surface area contributed by atoms with E-state index >= 15 is 0 Å². The molecule has 2 aliphatic heterocycles. The van der Waals surface area contributed by atoms with E-state index < -0.39 is 43.9 Å². The van der Waals surface area contributed by atoms with Crippen LogP contribution in [0.15, 0.2) is 23.1 Å². The number of nitrogens with zero attached hydrogens (tertiary/aromatic N) is 1. The zero-order valence-electron chi connectivity index (χ0n) is 17.4. The van der Waals surface area contributed by atoms with Crippen molar-refractivity contribution < 1.29 is 35.9 Å². The first-order valence-corrected chi connectivity index (χ1v) is 13.1. The van der Waals surface area contributed by atoms with Gasteiger partial charge in [-0.15, -0.1) is 0 Å². The average molecular weight is 475 g/mol. The number of rotatable bonds is 6. The summed E-state index contributed by atoms with van der Waals surface area (Å²) in [6, 6.07) is 4.17. The molecule has 1 N–H and O–H groups in total. The van der Waals surface area contributed by atoms with E-state index in [4.69, 9.17) is 9.47 Å². The lowest BCUT2D eigenvalue weighted by atomic mass is 10.0. The molecule has 2 aliphatic rings. The summed E-state index contributed by atoms with van der Waals surface area (Å²) in [6.45, 7) is 3.71. The summed E-state index contributed by atoms with van der Waals surface area (Å²) >= 11 is 0. The van der Waals surface area contributed by atoms with Gasteiger partial charge in [-0.3, -0.25) is 4.79 Å². The summed E-state index contributed by atoms with van der Waals surface area (Å²) < 4.78 is 60.5. The summed E-state index contributed by atoms with van der Waals surface area (Å²) in [4.78, 5) is 24.6. The van der Waals surface area contributed by atoms with E-state index in [1.807, 2.05) is 0 Å². The van der Waals surface area contributed by atoms with E-state index in [9.17, 15) is 26.4 Å². The summed E-state index contributed by atoms with van der Waals surface area (Å²) in [5.41, 5.74) is -0.360. The molecule has 0 aromatic heterocycles.